The van der Waals surface area contributed by atoms with E-state index in [0.717, 1.165) is 24.3 Å². The van der Waals surface area contributed by atoms with Crippen LogP contribution in [0.25, 0.3) is 0 Å². The van der Waals surface area contributed by atoms with Crippen molar-refractivity contribution in [1.29, 1.82) is 0 Å². The van der Waals surface area contributed by atoms with Crippen LogP contribution in [-0.4, -0.2) is 52.7 Å². The maximum absolute atomic E-state index is 12.6. The molecular weight excluding hydrogens is 380 g/mol. The minimum absolute atomic E-state index is 0.0933. The fraction of sp³-hybridized carbons (Fsp3) is 0.368. The quantitative estimate of drug-likeness (QED) is 0.787. The molecule has 2 N–H and O–H groups in total. The Hall–Kier alpha value is -2.49. The first-order valence-corrected chi connectivity index (χ1v) is 10.4. The van der Waals surface area contributed by atoms with Gasteiger partial charge in [-0.1, -0.05) is 0 Å². The number of aromatic nitrogens is 1. The Labute approximate surface area is 165 Å². The minimum atomic E-state index is -3.66. The van der Waals surface area contributed by atoms with Crippen molar-refractivity contribution >= 4 is 27.4 Å². The lowest BCUT2D eigenvalue weighted by Crippen LogP contribution is -2.36. The zero-order valence-electron chi connectivity index (χ0n) is 16.2. The van der Waals surface area contributed by atoms with Crippen molar-refractivity contribution in [3.63, 3.8) is 0 Å². The first-order valence-electron chi connectivity index (χ1n) is 8.96. The van der Waals surface area contributed by atoms with Gasteiger partial charge >= 0.3 is 0 Å². The molecule has 0 saturated carbocycles. The van der Waals surface area contributed by atoms with Gasteiger partial charge in [-0.25, -0.2) is 18.1 Å². The van der Waals surface area contributed by atoms with Crippen molar-refractivity contribution in [1.82, 2.24) is 9.71 Å². The van der Waals surface area contributed by atoms with Crippen LogP contribution in [0.3, 0.4) is 0 Å². The van der Waals surface area contributed by atoms with Crippen LogP contribution in [0.2, 0.25) is 0 Å². The minimum Gasteiger partial charge on any atom is -0.378 e. The number of nitrogens with zero attached hydrogens (tertiary/aromatic N) is 2. The molecule has 150 valence electrons. The van der Waals surface area contributed by atoms with Crippen molar-refractivity contribution < 1.29 is 17.9 Å². The molecule has 1 aromatic heterocycles. The van der Waals surface area contributed by atoms with E-state index < -0.39 is 15.9 Å². The summed E-state index contributed by atoms with van der Waals surface area (Å²) in [7, 11) is -2.32. The molecule has 1 aliphatic rings. The molecule has 9 heteroatoms. The van der Waals surface area contributed by atoms with E-state index in [1.807, 2.05) is 6.07 Å². The highest BCUT2D eigenvalue weighted by molar-refractivity contribution is 7.89. The van der Waals surface area contributed by atoms with Gasteiger partial charge in [-0.05, 0) is 56.3 Å². The van der Waals surface area contributed by atoms with Crippen molar-refractivity contribution in [2.45, 2.75) is 18.7 Å². The second-order valence-electron chi connectivity index (χ2n) is 6.58. The molecule has 28 heavy (non-hydrogen) atoms. The normalized spacial score (nSPS) is 14.8. The van der Waals surface area contributed by atoms with Crippen LogP contribution in [0.5, 0.6) is 0 Å². The molecule has 1 saturated heterocycles. The predicted octanol–water partition coefficient (Wildman–Crippen LogP) is 1.70. The smallest absolute Gasteiger partial charge is 0.256 e. The number of ether oxygens (including phenoxy) is 1. The van der Waals surface area contributed by atoms with Gasteiger partial charge in [-0.15, -0.1) is 0 Å². The molecule has 2 aromatic rings. The number of hydrogen-bond donors (Lipinski definition) is 2. The number of morpholine rings is 1. The Morgan fingerprint density at radius 3 is 2.50 bits per heavy atom. The topological polar surface area (TPSA) is 101 Å². The van der Waals surface area contributed by atoms with E-state index in [0.29, 0.717) is 24.6 Å². The van der Waals surface area contributed by atoms with Crippen molar-refractivity contribution in [2.24, 2.45) is 0 Å². The summed E-state index contributed by atoms with van der Waals surface area (Å²) in [6.45, 7) is 6.47. The SMILES string of the molecule is CNS(=O)(=O)c1cc(C(=O)Nc2ccc(N3CCOCC3)cn2)cc(C)c1C. The third-order valence-electron chi connectivity index (χ3n) is 4.81. The molecule has 0 radical (unpaired) electrons. The van der Waals surface area contributed by atoms with Gasteiger partial charge in [0.25, 0.3) is 5.91 Å². The zero-order chi connectivity index (χ0) is 20.3. The molecule has 1 aromatic carbocycles. The lowest BCUT2D eigenvalue weighted by atomic mass is 10.1. The largest absolute Gasteiger partial charge is 0.378 e. The Balaban J connectivity index is 1.79. The number of aryl methyl sites for hydroxylation is 1. The van der Waals surface area contributed by atoms with E-state index in [-0.39, 0.29) is 10.5 Å². The summed E-state index contributed by atoms with van der Waals surface area (Å²) in [5.74, 6) is -0.0134. The number of benzene rings is 1. The molecule has 0 unspecified atom stereocenters. The average molecular weight is 404 g/mol. The third-order valence-corrected chi connectivity index (χ3v) is 6.35. The molecule has 1 amide bonds. The van der Waals surface area contributed by atoms with Crippen LogP contribution in [0.1, 0.15) is 21.5 Å². The van der Waals surface area contributed by atoms with Crippen molar-refractivity contribution in [2.75, 3.05) is 43.6 Å². The van der Waals surface area contributed by atoms with Gasteiger partial charge in [-0.2, -0.15) is 0 Å². The van der Waals surface area contributed by atoms with Gasteiger partial charge in [0.1, 0.15) is 5.82 Å². The lowest BCUT2D eigenvalue weighted by molar-refractivity contribution is 0.102. The fourth-order valence-electron chi connectivity index (χ4n) is 3.00. The van der Waals surface area contributed by atoms with Gasteiger partial charge < -0.3 is 15.0 Å². The highest BCUT2D eigenvalue weighted by Gasteiger charge is 2.20. The zero-order valence-corrected chi connectivity index (χ0v) is 17.0. The summed E-state index contributed by atoms with van der Waals surface area (Å²) < 4.78 is 32.1. The Morgan fingerprint density at radius 2 is 1.89 bits per heavy atom. The van der Waals surface area contributed by atoms with Crippen LogP contribution >= 0.6 is 0 Å². The van der Waals surface area contributed by atoms with Crippen molar-refractivity contribution in [3.05, 3.63) is 47.2 Å². The maximum Gasteiger partial charge on any atom is 0.256 e. The van der Waals surface area contributed by atoms with Gasteiger partial charge in [0, 0.05) is 18.7 Å². The number of hydrogen-bond acceptors (Lipinski definition) is 6. The molecule has 1 fully saturated rings. The molecule has 0 bridgehead atoms. The highest BCUT2D eigenvalue weighted by atomic mass is 32.2. The number of amides is 1. The third kappa shape index (κ3) is 4.32. The van der Waals surface area contributed by atoms with E-state index in [4.69, 9.17) is 4.74 Å². The van der Waals surface area contributed by atoms with Gasteiger partial charge in [0.05, 0.1) is 30.0 Å². The van der Waals surface area contributed by atoms with Crippen LogP contribution in [0, 0.1) is 13.8 Å². The first kappa shape index (κ1) is 20.2. The maximum atomic E-state index is 12.6. The van der Waals surface area contributed by atoms with E-state index in [2.05, 4.69) is 19.9 Å². The molecule has 8 nitrogen and oxygen atoms in total. The Morgan fingerprint density at radius 1 is 1.18 bits per heavy atom. The summed E-state index contributed by atoms with van der Waals surface area (Å²) in [5.41, 5.74) is 2.56. The van der Waals surface area contributed by atoms with Crippen LogP contribution in [0.15, 0.2) is 35.4 Å². The lowest BCUT2D eigenvalue weighted by Gasteiger charge is -2.28. The Bertz CT molecular complexity index is 968. The predicted molar refractivity (Wildman–Crippen MR) is 107 cm³/mol. The van der Waals surface area contributed by atoms with E-state index >= 15 is 0 Å². The number of nitrogens with one attached hydrogen (secondary N) is 2. The molecular formula is C19H24N4O4S. The molecule has 3 rings (SSSR count). The average Bonchev–Trinajstić information content (AvgIpc) is 2.71. The summed E-state index contributed by atoms with van der Waals surface area (Å²) >= 11 is 0. The van der Waals surface area contributed by atoms with Crippen LogP contribution < -0.4 is 14.9 Å². The summed E-state index contributed by atoms with van der Waals surface area (Å²) in [4.78, 5) is 19.2. The van der Waals surface area contributed by atoms with Gasteiger partial charge in [0.15, 0.2) is 0 Å². The van der Waals surface area contributed by atoms with E-state index in [1.165, 1.54) is 13.1 Å². The molecule has 1 aliphatic heterocycles. The number of sulfonamides is 1. The van der Waals surface area contributed by atoms with E-state index in [9.17, 15) is 13.2 Å². The van der Waals surface area contributed by atoms with Crippen LogP contribution in [0.4, 0.5) is 11.5 Å². The molecule has 0 atom stereocenters. The fourth-order valence-corrected chi connectivity index (χ4v) is 4.07. The second kappa shape index (κ2) is 8.26. The molecule has 2 heterocycles. The summed E-state index contributed by atoms with van der Waals surface area (Å²) in [6.07, 6.45) is 1.71. The summed E-state index contributed by atoms with van der Waals surface area (Å²) in [6, 6.07) is 6.67. The summed E-state index contributed by atoms with van der Waals surface area (Å²) in [5, 5.41) is 2.72. The van der Waals surface area contributed by atoms with E-state index in [1.54, 1.807) is 32.2 Å². The molecule has 0 spiro atoms. The standard InChI is InChI=1S/C19H24N4O4S/c1-13-10-15(11-17(14(13)2)28(25,26)20-3)19(24)22-18-5-4-16(12-21-18)23-6-8-27-9-7-23/h4-5,10-12,20H,6-9H2,1-3H3,(H,21,22,24). The number of rotatable bonds is 5. The number of carbonyl (C=O) groups is 1. The monoisotopic (exact) mass is 404 g/mol. The number of pyridine rings is 1. The Kier molecular flexibility index (Phi) is 5.97. The second-order valence-corrected chi connectivity index (χ2v) is 8.43. The van der Waals surface area contributed by atoms with Gasteiger partial charge in [0.2, 0.25) is 10.0 Å². The first-order chi connectivity index (χ1) is 13.3. The molecule has 0 aliphatic carbocycles. The highest BCUT2D eigenvalue weighted by Crippen LogP contribution is 2.22. The van der Waals surface area contributed by atoms with Crippen molar-refractivity contribution in [3.8, 4) is 0 Å². The number of anilines is 2. The van der Waals surface area contributed by atoms with Gasteiger partial charge in [-0.3, -0.25) is 4.79 Å². The number of carbonyl (C=O) groups excluding carboxylic acids is 1. The van der Waals surface area contributed by atoms with Crippen LogP contribution in [-0.2, 0) is 14.8 Å².